The molecule has 1 fully saturated rings. The van der Waals surface area contributed by atoms with Crippen LogP contribution in [0.15, 0.2) is 35.0 Å². The minimum atomic E-state index is -0.500. The fourth-order valence-electron chi connectivity index (χ4n) is 6.96. The third kappa shape index (κ3) is 24.8. The Bertz CT molecular complexity index is 1940. The molecular weight excluding hydrogens is 973 g/mol. The zero-order valence-corrected chi connectivity index (χ0v) is 42.9. The van der Waals surface area contributed by atoms with Crippen LogP contribution in [0.25, 0.3) is 6.08 Å². The molecule has 0 atom stereocenters. The number of likely N-dealkylation sites (tertiary alicyclic amines) is 1. The zero-order valence-electron chi connectivity index (χ0n) is 42.9. The molecule has 3 aliphatic rings. The van der Waals surface area contributed by atoms with E-state index in [2.05, 4.69) is 20.6 Å². The van der Waals surface area contributed by atoms with Gasteiger partial charge in [-0.15, -0.1) is 0 Å². The summed E-state index contributed by atoms with van der Waals surface area (Å²) in [5.41, 5.74) is 7.79. The van der Waals surface area contributed by atoms with E-state index in [1.807, 2.05) is 13.8 Å². The van der Waals surface area contributed by atoms with E-state index in [1.165, 1.54) is 11.3 Å². The van der Waals surface area contributed by atoms with Crippen molar-refractivity contribution in [1.82, 2.24) is 30.5 Å². The zero-order chi connectivity index (χ0) is 53.0. The molecule has 414 valence electrons. The Morgan fingerprint density at radius 3 is 1.65 bits per heavy atom. The van der Waals surface area contributed by atoms with Gasteiger partial charge in [0.25, 0.3) is 23.6 Å². The molecule has 1 aromatic rings. The summed E-state index contributed by atoms with van der Waals surface area (Å²) < 4.78 is 54.8. The first kappa shape index (κ1) is 61.2. The number of hydrogen-bond acceptors (Lipinski definition) is 20. The van der Waals surface area contributed by atoms with Gasteiger partial charge in [-0.2, -0.15) is 0 Å². The molecule has 74 heavy (non-hydrogen) atoms. The second kappa shape index (κ2) is 37.4. The van der Waals surface area contributed by atoms with E-state index in [-0.39, 0.29) is 68.6 Å². The van der Waals surface area contributed by atoms with Crippen molar-refractivity contribution in [2.75, 3.05) is 178 Å². The highest BCUT2D eigenvalue weighted by atomic mass is 16.7. The van der Waals surface area contributed by atoms with Gasteiger partial charge in [0.1, 0.15) is 12.4 Å². The molecule has 25 heteroatoms. The van der Waals surface area contributed by atoms with Gasteiger partial charge in [-0.3, -0.25) is 43.5 Å². The Balaban J connectivity index is 0.827. The summed E-state index contributed by atoms with van der Waals surface area (Å²) in [6.07, 6.45) is 6.46. The van der Waals surface area contributed by atoms with Crippen molar-refractivity contribution in [3.8, 4) is 0 Å². The predicted molar refractivity (Wildman–Crippen MR) is 266 cm³/mol. The number of carbonyl (C=O) groups excluding carboxylic acids is 6. The second-order valence-corrected chi connectivity index (χ2v) is 16.6. The van der Waals surface area contributed by atoms with Gasteiger partial charge in [0.15, 0.2) is 0 Å². The van der Waals surface area contributed by atoms with Crippen LogP contribution >= 0.6 is 0 Å². The molecule has 0 spiro atoms. The van der Waals surface area contributed by atoms with Crippen LogP contribution in [0.2, 0.25) is 0 Å². The van der Waals surface area contributed by atoms with Crippen molar-refractivity contribution in [3.63, 3.8) is 0 Å². The average Bonchev–Trinajstić information content (AvgIpc) is 3.57. The standard InChI is InChI=1S/C49H76N8O17/c1-3-9-57(74-4-2)49(63)39-30-41-42(54-43(50)32-39)31-40(34-52-41)48(62)55-35-38(36-55)33-53-44(58)7-10-64-12-14-66-16-18-68-20-22-70-24-26-72-28-29-73-27-25-71-23-21-69-19-17-67-15-13-65-11-8-51-45(59)37-56-46(60)5-6-47(56)61/h5-6,30-31,34,38H,3-4,7-29,32-33,35-37H2,1-2H3,(H2,50,54)(H,51,59)(H,53,58). The number of hydrogen-bond donors (Lipinski definition) is 3. The summed E-state index contributed by atoms with van der Waals surface area (Å²) in [6.45, 7) is 14.0. The van der Waals surface area contributed by atoms with E-state index >= 15 is 0 Å². The lowest BCUT2D eigenvalue weighted by atomic mass is 9.99. The minimum Gasteiger partial charge on any atom is -0.387 e. The van der Waals surface area contributed by atoms with Crippen LogP contribution < -0.4 is 16.4 Å². The molecule has 0 aliphatic carbocycles. The van der Waals surface area contributed by atoms with E-state index in [1.54, 1.807) is 17.0 Å². The number of aliphatic imine (C=N–C) groups is 1. The topological polar surface area (TPSA) is 289 Å². The van der Waals surface area contributed by atoms with Crippen molar-refractivity contribution < 1.29 is 81.0 Å². The predicted octanol–water partition coefficient (Wildman–Crippen LogP) is -0.167. The number of imide groups is 1. The molecule has 1 aromatic heterocycles. The van der Waals surface area contributed by atoms with Crippen molar-refractivity contribution in [3.05, 3.63) is 41.2 Å². The van der Waals surface area contributed by atoms with Crippen molar-refractivity contribution in [2.45, 2.75) is 33.1 Å². The molecule has 1 saturated heterocycles. The molecule has 0 aromatic carbocycles. The first-order valence-electron chi connectivity index (χ1n) is 25.2. The maximum absolute atomic E-state index is 13.2. The van der Waals surface area contributed by atoms with Crippen LogP contribution in [-0.2, 0) is 76.2 Å². The van der Waals surface area contributed by atoms with E-state index in [9.17, 15) is 28.8 Å². The molecule has 25 nitrogen and oxygen atoms in total. The lowest BCUT2D eigenvalue weighted by Crippen LogP contribution is -2.53. The molecule has 4 N–H and O–H groups in total. The molecular formula is C49H76N8O17. The summed E-state index contributed by atoms with van der Waals surface area (Å²) in [6, 6.07) is 1.64. The summed E-state index contributed by atoms with van der Waals surface area (Å²) >= 11 is 0. The quantitative estimate of drug-likeness (QED) is 0.0435. The number of carbonyl (C=O) groups is 6. The van der Waals surface area contributed by atoms with Gasteiger partial charge >= 0.3 is 0 Å². The highest BCUT2D eigenvalue weighted by Gasteiger charge is 2.32. The third-order valence-corrected chi connectivity index (χ3v) is 10.7. The van der Waals surface area contributed by atoms with Crippen LogP contribution in [-0.4, -0.2) is 239 Å². The normalized spacial score (nSPS) is 14.4. The molecule has 0 saturated carbocycles. The molecule has 0 radical (unpaired) electrons. The minimum absolute atomic E-state index is 0.128. The van der Waals surface area contributed by atoms with Gasteiger partial charge in [-0.1, -0.05) is 6.92 Å². The number of nitrogens with two attached hydrogens (primary N) is 1. The molecule has 4 heterocycles. The Kier molecular flexibility index (Phi) is 31.0. The molecule has 4 rings (SSSR count). The second-order valence-electron chi connectivity index (χ2n) is 16.6. The number of nitrogens with one attached hydrogen (secondary N) is 2. The van der Waals surface area contributed by atoms with Gasteiger partial charge < -0.3 is 68.6 Å². The van der Waals surface area contributed by atoms with E-state index in [4.69, 9.17) is 57.9 Å². The van der Waals surface area contributed by atoms with Gasteiger partial charge in [-0.25, -0.2) is 10.1 Å². The first-order chi connectivity index (χ1) is 36.1. The van der Waals surface area contributed by atoms with E-state index in [0.29, 0.717) is 174 Å². The molecule has 0 unspecified atom stereocenters. The molecule has 3 aliphatic heterocycles. The number of amidine groups is 1. The fraction of sp³-hybridized carbons (Fsp3) is 0.673. The maximum atomic E-state index is 13.2. The first-order valence-corrected chi connectivity index (χ1v) is 25.2. The smallest absolute Gasteiger partial charge is 0.273 e. The molecule has 6 amide bonds. The number of fused-ring (bicyclic) bond motifs is 1. The molecule has 0 bridgehead atoms. The van der Waals surface area contributed by atoms with Crippen LogP contribution in [0.5, 0.6) is 0 Å². The third-order valence-electron chi connectivity index (χ3n) is 10.7. The average molecular weight is 1050 g/mol. The lowest BCUT2D eigenvalue weighted by Gasteiger charge is -2.39. The maximum Gasteiger partial charge on any atom is 0.273 e. The summed E-state index contributed by atoms with van der Waals surface area (Å²) in [4.78, 5) is 90.4. The highest BCUT2D eigenvalue weighted by Crippen LogP contribution is 2.28. The summed E-state index contributed by atoms with van der Waals surface area (Å²) in [5, 5.41) is 6.83. The number of nitrogens with zero attached hydrogens (tertiary/aromatic N) is 5. The number of ether oxygens (including phenoxy) is 10. The van der Waals surface area contributed by atoms with Crippen LogP contribution in [0, 0.1) is 5.92 Å². The number of pyridine rings is 1. The van der Waals surface area contributed by atoms with Gasteiger partial charge in [0, 0.05) is 75.4 Å². The fourth-order valence-corrected chi connectivity index (χ4v) is 6.96. The highest BCUT2D eigenvalue weighted by molar-refractivity contribution is 6.14. The van der Waals surface area contributed by atoms with Gasteiger partial charge in [0.2, 0.25) is 11.8 Å². The van der Waals surface area contributed by atoms with Crippen LogP contribution in [0.3, 0.4) is 0 Å². The Morgan fingerprint density at radius 2 is 1.16 bits per heavy atom. The van der Waals surface area contributed by atoms with Crippen LogP contribution in [0.1, 0.15) is 49.2 Å². The number of hydroxylamine groups is 2. The van der Waals surface area contributed by atoms with Crippen molar-refractivity contribution in [1.29, 1.82) is 0 Å². The van der Waals surface area contributed by atoms with E-state index in [0.717, 1.165) is 23.5 Å². The van der Waals surface area contributed by atoms with Crippen molar-refractivity contribution >= 4 is 53.0 Å². The largest absolute Gasteiger partial charge is 0.387 e. The number of aromatic nitrogens is 1. The lowest BCUT2D eigenvalue weighted by molar-refractivity contribution is -0.180. The van der Waals surface area contributed by atoms with Crippen LogP contribution in [0.4, 0.5) is 5.69 Å². The Morgan fingerprint density at radius 1 is 0.676 bits per heavy atom. The monoisotopic (exact) mass is 1050 g/mol. The number of rotatable bonds is 43. The van der Waals surface area contributed by atoms with Crippen molar-refractivity contribution in [2.24, 2.45) is 16.6 Å². The van der Waals surface area contributed by atoms with E-state index < -0.39 is 17.7 Å². The SMILES string of the molecule is CCCN(OCC)C(=O)C1=Cc2ncc(C(=O)N3CC(CNC(=O)CCOCCOCCOCCOCCOCCOCCOCCOCCOCCOCCNC(=O)CN4C(=O)C=CC4=O)C3)cc2N=C(N)C1. The van der Waals surface area contributed by atoms with Gasteiger partial charge in [-0.05, 0) is 25.5 Å². The summed E-state index contributed by atoms with van der Waals surface area (Å²) in [5.74, 6) is -1.69. The Labute approximate surface area is 432 Å². The number of amides is 6. The van der Waals surface area contributed by atoms with Gasteiger partial charge in [0.05, 0.1) is 156 Å². The summed E-state index contributed by atoms with van der Waals surface area (Å²) in [7, 11) is 0. The Hall–Kier alpha value is -5.32.